The quantitative estimate of drug-likeness (QED) is 0.511. The largest absolute Gasteiger partial charge is 0.466 e. The van der Waals surface area contributed by atoms with Crippen molar-refractivity contribution < 1.29 is 14.3 Å². The lowest BCUT2D eigenvalue weighted by Gasteiger charge is -1.93. The molecule has 70 valence electrons. The van der Waals surface area contributed by atoms with Crippen molar-refractivity contribution in [2.24, 2.45) is 11.5 Å². The van der Waals surface area contributed by atoms with Crippen LogP contribution >= 0.6 is 0 Å². The van der Waals surface area contributed by atoms with Crippen LogP contribution in [0.3, 0.4) is 0 Å². The summed E-state index contributed by atoms with van der Waals surface area (Å²) >= 11 is 0. The van der Waals surface area contributed by atoms with Crippen LogP contribution in [0, 0.1) is 0 Å². The molecule has 12 heavy (non-hydrogen) atoms. The minimum absolute atomic E-state index is 0.0255. The molecule has 0 atom stereocenters. The summed E-state index contributed by atoms with van der Waals surface area (Å²) in [5, 5.41) is 0. The van der Waals surface area contributed by atoms with E-state index in [1.165, 1.54) is 0 Å². The van der Waals surface area contributed by atoms with Gasteiger partial charge in [-0.05, 0) is 19.3 Å². The second-order valence-electron chi connectivity index (χ2n) is 2.43. The summed E-state index contributed by atoms with van der Waals surface area (Å²) in [5.74, 6) is -0.0255. The van der Waals surface area contributed by atoms with Crippen molar-refractivity contribution in [2.75, 3.05) is 6.61 Å². The first-order chi connectivity index (χ1) is 5.63. The van der Waals surface area contributed by atoms with Gasteiger partial charge in [-0.15, -0.1) is 0 Å². The van der Waals surface area contributed by atoms with Crippen LogP contribution in [0.25, 0.3) is 0 Å². The SMILES string of the molecule is NC(N)=O.O=C1CCCCCO1. The fourth-order valence-electron chi connectivity index (χ4n) is 0.806. The number of hydrogen-bond donors (Lipinski definition) is 2. The molecule has 0 radical (unpaired) electrons. The molecule has 0 bridgehead atoms. The predicted octanol–water partition coefficient (Wildman–Crippen LogP) is 0.127. The number of rotatable bonds is 0. The molecule has 0 spiro atoms. The molecule has 4 N–H and O–H groups in total. The minimum Gasteiger partial charge on any atom is -0.466 e. The first-order valence-electron chi connectivity index (χ1n) is 3.83. The van der Waals surface area contributed by atoms with Crippen LogP contribution in [0.15, 0.2) is 0 Å². The molecule has 0 aliphatic carbocycles. The smallest absolute Gasteiger partial charge is 0.309 e. The molecule has 0 aromatic heterocycles. The monoisotopic (exact) mass is 174 g/mol. The zero-order valence-electron chi connectivity index (χ0n) is 6.91. The summed E-state index contributed by atoms with van der Waals surface area (Å²) in [4.78, 5) is 19.5. The molecule has 0 unspecified atom stereocenters. The van der Waals surface area contributed by atoms with E-state index in [2.05, 4.69) is 11.5 Å². The molecule has 0 aromatic rings. The average Bonchev–Trinajstić information content (AvgIpc) is 2.14. The molecule has 1 rings (SSSR count). The zero-order chi connectivity index (χ0) is 9.40. The molecule has 1 heterocycles. The lowest BCUT2D eigenvalue weighted by atomic mass is 10.2. The van der Waals surface area contributed by atoms with Crippen LogP contribution in [-0.2, 0) is 9.53 Å². The molecule has 1 aliphatic heterocycles. The van der Waals surface area contributed by atoms with Gasteiger partial charge in [-0.1, -0.05) is 0 Å². The van der Waals surface area contributed by atoms with Crippen molar-refractivity contribution in [1.82, 2.24) is 0 Å². The Kier molecular flexibility index (Phi) is 5.77. The number of amides is 2. The van der Waals surface area contributed by atoms with Gasteiger partial charge in [-0.3, -0.25) is 4.79 Å². The first kappa shape index (κ1) is 10.7. The van der Waals surface area contributed by atoms with Crippen molar-refractivity contribution in [3.05, 3.63) is 0 Å². The Bertz CT molecular complexity index is 145. The molecule has 0 saturated carbocycles. The molecule has 5 nitrogen and oxygen atoms in total. The summed E-state index contributed by atoms with van der Waals surface area (Å²) in [6, 6.07) is -0.833. The lowest BCUT2D eigenvalue weighted by Crippen LogP contribution is -2.18. The number of urea groups is 1. The molecule has 1 fully saturated rings. The third-order valence-electron chi connectivity index (χ3n) is 1.29. The number of carbonyl (C=O) groups excluding carboxylic acids is 2. The number of esters is 1. The Hall–Kier alpha value is -1.26. The van der Waals surface area contributed by atoms with Gasteiger partial charge >= 0.3 is 12.0 Å². The number of primary amides is 2. The van der Waals surface area contributed by atoms with Crippen molar-refractivity contribution in [2.45, 2.75) is 25.7 Å². The maximum Gasteiger partial charge on any atom is 0.309 e. The van der Waals surface area contributed by atoms with Crippen molar-refractivity contribution in [1.29, 1.82) is 0 Å². The van der Waals surface area contributed by atoms with Crippen LogP contribution < -0.4 is 11.5 Å². The van der Waals surface area contributed by atoms with Gasteiger partial charge in [0.05, 0.1) is 6.61 Å². The van der Waals surface area contributed by atoms with Crippen LogP contribution in [0.4, 0.5) is 4.79 Å². The Balaban J connectivity index is 0.000000261. The third-order valence-corrected chi connectivity index (χ3v) is 1.29. The topological polar surface area (TPSA) is 95.4 Å². The zero-order valence-corrected chi connectivity index (χ0v) is 6.91. The third kappa shape index (κ3) is 8.74. The predicted molar refractivity (Wildman–Crippen MR) is 43.2 cm³/mol. The van der Waals surface area contributed by atoms with Gasteiger partial charge in [-0.2, -0.15) is 0 Å². The molecule has 0 aromatic carbocycles. The van der Waals surface area contributed by atoms with Crippen LogP contribution in [-0.4, -0.2) is 18.6 Å². The number of carbonyl (C=O) groups is 2. The van der Waals surface area contributed by atoms with Crippen molar-refractivity contribution in [3.8, 4) is 0 Å². The summed E-state index contributed by atoms with van der Waals surface area (Å²) in [6.07, 6.45) is 3.83. The number of cyclic esters (lactones) is 1. The molecule has 1 saturated heterocycles. The maximum atomic E-state index is 10.5. The van der Waals surface area contributed by atoms with E-state index in [1.807, 2.05) is 0 Å². The second-order valence-corrected chi connectivity index (χ2v) is 2.43. The normalized spacial score (nSPS) is 16.5. The molecule has 2 amide bonds. The highest BCUT2D eigenvalue weighted by Gasteiger charge is 2.05. The van der Waals surface area contributed by atoms with Gasteiger partial charge in [0.2, 0.25) is 0 Å². The summed E-state index contributed by atoms with van der Waals surface area (Å²) < 4.78 is 4.76. The van der Waals surface area contributed by atoms with Crippen molar-refractivity contribution >= 4 is 12.0 Å². The van der Waals surface area contributed by atoms with Gasteiger partial charge < -0.3 is 16.2 Å². The van der Waals surface area contributed by atoms with Gasteiger partial charge in [0.15, 0.2) is 0 Å². The summed E-state index contributed by atoms with van der Waals surface area (Å²) in [7, 11) is 0. The first-order valence-corrected chi connectivity index (χ1v) is 3.83. The van der Waals surface area contributed by atoms with Crippen LogP contribution in [0.1, 0.15) is 25.7 Å². The second kappa shape index (κ2) is 6.45. The van der Waals surface area contributed by atoms with Crippen molar-refractivity contribution in [3.63, 3.8) is 0 Å². The van der Waals surface area contributed by atoms with E-state index in [1.54, 1.807) is 0 Å². The van der Waals surface area contributed by atoms with Gasteiger partial charge in [0.25, 0.3) is 0 Å². The summed E-state index contributed by atoms with van der Waals surface area (Å²) in [5.41, 5.74) is 8.50. The van der Waals surface area contributed by atoms with E-state index in [4.69, 9.17) is 9.53 Å². The Labute approximate surface area is 71.0 Å². The molecular formula is C7H14N2O3. The fourth-order valence-corrected chi connectivity index (χ4v) is 0.806. The van der Waals surface area contributed by atoms with Crippen LogP contribution in [0.5, 0.6) is 0 Å². The fraction of sp³-hybridized carbons (Fsp3) is 0.714. The Morgan fingerprint density at radius 1 is 1.25 bits per heavy atom. The average molecular weight is 174 g/mol. The van der Waals surface area contributed by atoms with Gasteiger partial charge in [-0.25, -0.2) is 4.79 Å². The van der Waals surface area contributed by atoms with E-state index < -0.39 is 6.03 Å². The van der Waals surface area contributed by atoms with E-state index in [0.717, 1.165) is 19.3 Å². The number of nitrogens with two attached hydrogens (primary N) is 2. The molecule has 1 aliphatic rings. The maximum absolute atomic E-state index is 10.5. The number of ether oxygens (including phenoxy) is 1. The molecular weight excluding hydrogens is 160 g/mol. The lowest BCUT2D eigenvalue weighted by molar-refractivity contribution is -0.142. The van der Waals surface area contributed by atoms with E-state index >= 15 is 0 Å². The Morgan fingerprint density at radius 2 is 1.83 bits per heavy atom. The highest BCUT2D eigenvalue weighted by Crippen LogP contribution is 2.06. The Morgan fingerprint density at radius 3 is 2.42 bits per heavy atom. The van der Waals surface area contributed by atoms with E-state index in [9.17, 15) is 4.79 Å². The van der Waals surface area contributed by atoms with E-state index in [-0.39, 0.29) is 5.97 Å². The standard InChI is InChI=1S/C6H10O2.CH4N2O/c7-6-4-2-1-3-5-8-6;2-1(3)4/h1-5H2;(H4,2,3,4). The van der Waals surface area contributed by atoms with Gasteiger partial charge in [0.1, 0.15) is 0 Å². The highest BCUT2D eigenvalue weighted by molar-refractivity contribution is 5.69. The van der Waals surface area contributed by atoms with E-state index in [0.29, 0.717) is 13.0 Å². The van der Waals surface area contributed by atoms with Gasteiger partial charge in [0, 0.05) is 6.42 Å². The highest BCUT2D eigenvalue weighted by atomic mass is 16.5. The van der Waals surface area contributed by atoms with Crippen LogP contribution in [0.2, 0.25) is 0 Å². The molecule has 5 heteroatoms. The minimum atomic E-state index is -0.833. The number of hydrogen-bond acceptors (Lipinski definition) is 3. The summed E-state index contributed by atoms with van der Waals surface area (Å²) in [6.45, 7) is 0.638.